The molecule has 0 saturated carbocycles. The van der Waals surface area contributed by atoms with Crippen molar-refractivity contribution in [3.05, 3.63) is 11.7 Å². The van der Waals surface area contributed by atoms with E-state index in [1.807, 2.05) is 13.8 Å². The van der Waals surface area contributed by atoms with Crippen LogP contribution in [0, 0.1) is 5.92 Å². The number of nitrogens with one attached hydrogen (secondary N) is 2. The topological polar surface area (TPSA) is 143 Å². The molecule has 19 heavy (non-hydrogen) atoms. The summed E-state index contributed by atoms with van der Waals surface area (Å²) >= 11 is 0. The summed E-state index contributed by atoms with van der Waals surface area (Å²) in [5.74, 6) is -0.385. The molecule has 1 atom stereocenters. The van der Waals surface area contributed by atoms with Crippen molar-refractivity contribution in [2.24, 2.45) is 11.7 Å². The minimum Gasteiger partial charge on any atom is -0.480 e. The Hall–Kier alpha value is -2.16. The fourth-order valence-corrected chi connectivity index (χ4v) is 1.15. The van der Waals surface area contributed by atoms with E-state index in [1.165, 1.54) is 0 Å². The van der Waals surface area contributed by atoms with Gasteiger partial charge in [0.1, 0.15) is 6.54 Å². The quantitative estimate of drug-likeness (QED) is 0.551. The number of carbonyl (C=O) groups is 2. The van der Waals surface area contributed by atoms with Gasteiger partial charge in [-0.1, -0.05) is 19.0 Å². The first-order valence-corrected chi connectivity index (χ1v) is 5.71. The molecule has 0 aliphatic rings. The molecular weight excluding hydrogens is 254 g/mol. The molecule has 2 amide bonds. The van der Waals surface area contributed by atoms with Gasteiger partial charge in [0.25, 0.3) is 0 Å². The lowest BCUT2D eigenvalue weighted by Gasteiger charge is -2.09. The Morgan fingerprint density at radius 1 is 1.42 bits per heavy atom. The summed E-state index contributed by atoms with van der Waals surface area (Å²) in [5.41, 5.74) is 5.84. The smallest absolute Gasteiger partial charge is 0.323 e. The molecular formula is C10H17N5O4. The van der Waals surface area contributed by atoms with Crippen LogP contribution in [0.5, 0.6) is 0 Å². The van der Waals surface area contributed by atoms with E-state index in [1.54, 1.807) is 0 Å². The Labute approximate surface area is 109 Å². The average molecular weight is 271 g/mol. The molecule has 1 aromatic rings. The lowest BCUT2D eigenvalue weighted by molar-refractivity contribution is -0.135. The normalized spacial score (nSPS) is 12.2. The second-order valence-electron chi connectivity index (χ2n) is 4.25. The molecule has 0 radical (unpaired) electrons. The van der Waals surface area contributed by atoms with Gasteiger partial charge in [0.2, 0.25) is 5.89 Å². The first kappa shape index (κ1) is 14.9. The molecule has 0 aromatic carbocycles. The van der Waals surface area contributed by atoms with Crippen molar-refractivity contribution in [3.8, 4) is 0 Å². The Bertz CT molecular complexity index is 445. The summed E-state index contributed by atoms with van der Waals surface area (Å²) < 4.78 is 4.91. The Balaban J connectivity index is 2.42. The highest BCUT2D eigenvalue weighted by Crippen LogP contribution is 2.15. The Kier molecular flexibility index (Phi) is 5.24. The number of urea groups is 1. The van der Waals surface area contributed by atoms with Crippen molar-refractivity contribution in [1.29, 1.82) is 0 Å². The van der Waals surface area contributed by atoms with E-state index in [0.717, 1.165) is 0 Å². The number of aliphatic carboxylic acids is 1. The molecule has 0 unspecified atom stereocenters. The molecule has 9 nitrogen and oxygen atoms in total. The van der Waals surface area contributed by atoms with Crippen molar-refractivity contribution in [2.75, 3.05) is 6.54 Å². The van der Waals surface area contributed by atoms with Crippen LogP contribution in [-0.2, 0) is 11.3 Å². The van der Waals surface area contributed by atoms with Crippen LogP contribution in [0.4, 0.5) is 4.79 Å². The van der Waals surface area contributed by atoms with E-state index < -0.39 is 18.5 Å². The molecule has 0 saturated heterocycles. The van der Waals surface area contributed by atoms with E-state index in [4.69, 9.17) is 15.4 Å². The molecule has 0 spiro atoms. The van der Waals surface area contributed by atoms with Gasteiger partial charge in [-0.25, -0.2) is 4.79 Å². The Morgan fingerprint density at radius 3 is 2.68 bits per heavy atom. The zero-order valence-electron chi connectivity index (χ0n) is 10.7. The van der Waals surface area contributed by atoms with Crippen LogP contribution >= 0.6 is 0 Å². The monoisotopic (exact) mass is 271 g/mol. The average Bonchev–Trinajstić information content (AvgIpc) is 2.81. The second kappa shape index (κ2) is 6.69. The third-order valence-electron chi connectivity index (χ3n) is 2.30. The molecule has 0 fully saturated rings. The number of amides is 2. The summed E-state index contributed by atoms with van der Waals surface area (Å²) in [4.78, 5) is 25.4. The number of carboxylic acid groups (broad SMARTS) is 1. The summed E-state index contributed by atoms with van der Waals surface area (Å²) in [6, 6.07) is -0.964. The molecule has 0 aliphatic heterocycles. The lowest BCUT2D eigenvalue weighted by Crippen LogP contribution is -2.38. The van der Waals surface area contributed by atoms with E-state index in [2.05, 4.69) is 20.8 Å². The van der Waals surface area contributed by atoms with Gasteiger partial charge in [0.15, 0.2) is 5.82 Å². The number of hydrogen-bond acceptors (Lipinski definition) is 6. The molecule has 0 bridgehead atoms. The van der Waals surface area contributed by atoms with Crippen molar-refractivity contribution in [2.45, 2.75) is 26.4 Å². The first-order valence-electron chi connectivity index (χ1n) is 5.71. The fraction of sp³-hybridized carbons (Fsp3) is 0.600. The van der Waals surface area contributed by atoms with Crippen molar-refractivity contribution >= 4 is 12.0 Å². The van der Waals surface area contributed by atoms with Crippen LogP contribution in [0.25, 0.3) is 0 Å². The van der Waals surface area contributed by atoms with Gasteiger partial charge in [0.05, 0.1) is 12.6 Å². The SMILES string of the molecule is CC(C)[C@H](N)c1noc(CNC(=O)NCC(=O)O)n1. The predicted molar refractivity (Wildman–Crippen MR) is 63.9 cm³/mol. The number of carbonyl (C=O) groups excluding carboxylic acids is 1. The molecule has 106 valence electrons. The third kappa shape index (κ3) is 4.92. The van der Waals surface area contributed by atoms with E-state index in [-0.39, 0.29) is 24.4 Å². The van der Waals surface area contributed by atoms with Gasteiger partial charge in [0, 0.05) is 0 Å². The largest absolute Gasteiger partial charge is 0.480 e. The maximum absolute atomic E-state index is 11.2. The molecule has 0 aliphatic carbocycles. The summed E-state index contributed by atoms with van der Waals surface area (Å²) in [6.07, 6.45) is 0. The number of rotatable bonds is 6. The van der Waals surface area contributed by atoms with Crippen LogP contribution in [-0.4, -0.2) is 33.8 Å². The molecule has 9 heteroatoms. The van der Waals surface area contributed by atoms with Crippen LogP contribution < -0.4 is 16.4 Å². The molecule has 1 heterocycles. The van der Waals surface area contributed by atoms with Crippen LogP contribution in [0.2, 0.25) is 0 Å². The Morgan fingerprint density at radius 2 is 2.11 bits per heavy atom. The number of nitrogens with zero attached hydrogens (tertiary/aromatic N) is 2. The van der Waals surface area contributed by atoms with E-state index >= 15 is 0 Å². The van der Waals surface area contributed by atoms with Gasteiger partial charge in [-0.3, -0.25) is 4.79 Å². The van der Waals surface area contributed by atoms with E-state index in [9.17, 15) is 9.59 Å². The fourth-order valence-electron chi connectivity index (χ4n) is 1.15. The summed E-state index contributed by atoms with van der Waals surface area (Å²) in [5, 5.41) is 16.6. The van der Waals surface area contributed by atoms with Gasteiger partial charge in [-0.2, -0.15) is 4.98 Å². The number of carboxylic acids is 1. The van der Waals surface area contributed by atoms with Gasteiger partial charge in [-0.05, 0) is 5.92 Å². The van der Waals surface area contributed by atoms with Gasteiger partial charge in [-0.15, -0.1) is 0 Å². The minimum absolute atomic E-state index is 0.00324. The highest BCUT2D eigenvalue weighted by atomic mass is 16.5. The van der Waals surface area contributed by atoms with Crippen molar-refractivity contribution in [3.63, 3.8) is 0 Å². The minimum atomic E-state index is -1.13. The molecule has 1 rings (SSSR count). The van der Waals surface area contributed by atoms with Gasteiger partial charge < -0.3 is 26.0 Å². The zero-order valence-corrected chi connectivity index (χ0v) is 10.7. The van der Waals surface area contributed by atoms with Crippen molar-refractivity contribution in [1.82, 2.24) is 20.8 Å². The number of nitrogens with two attached hydrogens (primary N) is 1. The third-order valence-corrected chi connectivity index (χ3v) is 2.30. The van der Waals surface area contributed by atoms with Crippen molar-refractivity contribution < 1.29 is 19.2 Å². The van der Waals surface area contributed by atoms with Crippen LogP contribution in [0.3, 0.4) is 0 Å². The lowest BCUT2D eigenvalue weighted by atomic mass is 10.1. The highest BCUT2D eigenvalue weighted by Gasteiger charge is 2.17. The summed E-state index contributed by atoms with van der Waals surface area (Å²) in [6.45, 7) is 3.40. The maximum atomic E-state index is 11.2. The predicted octanol–water partition coefficient (Wildman–Crippen LogP) is -0.391. The summed E-state index contributed by atoms with van der Waals surface area (Å²) in [7, 11) is 0. The second-order valence-corrected chi connectivity index (χ2v) is 4.25. The molecule has 1 aromatic heterocycles. The molecule has 5 N–H and O–H groups in total. The number of hydrogen-bond donors (Lipinski definition) is 4. The first-order chi connectivity index (χ1) is 8.90. The number of aromatic nitrogens is 2. The van der Waals surface area contributed by atoms with Crippen LogP contribution in [0.1, 0.15) is 31.6 Å². The highest BCUT2D eigenvalue weighted by molar-refractivity contribution is 5.79. The maximum Gasteiger partial charge on any atom is 0.323 e. The van der Waals surface area contributed by atoms with Gasteiger partial charge >= 0.3 is 12.0 Å². The zero-order chi connectivity index (χ0) is 14.4. The standard InChI is InChI=1S/C10H17N5O4/c1-5(2)8(11)9-14-6(19-15-9)3-12-10(18)13-4-7(16)17/h5,8H,3-4,11H2,1-2H3,(H,16,17)(H2,12,13,18)/t8-/m0/s1. The van der Waals surface area contributed by atoms with Crippen LogP contribution in [0.15, 0.2) is 4.52 Å². The van der Waals surface area contributed by atoms with E-state index in [0.29, 0.717) is 5.82 Å².